The molecule has 41 heavy (non-hydrogen) atoms. The highest BCUT2D eigenvalue weighted by molar-refractivity contribution is 5.94. The van der Waals surface area contributed by atoms with E-state index in [9.17, 15) is 14.4 Å². The van der Waals surface area contributed by atoms with Crippen molar-refractivity contribution in [2.75, 3.05) is 33.4 Å². The van der Waals surface area contributed by atoms with Gasteiger partial charge in [0.05, 0.1) is 30.6 Å². The van der Waals surface area contributed by atoms with Crippen molar-refractivity contribution in [2.24, 2.45) is 11.3 Å². The highest BCUT2D eigenvalue weighted by atomic mass is 16.5. The Labute approximate surface area is 243 Å². The summed E-state index contributed by atoms with van der Waals surface area (Å²) in [6.45, 7) is 5.27. The van der Waals surface area contributed by atoms with Gasteiger partial charge in [0.1, 0.15) is 11.6 Å². The average molecular weight is 564 g/mol. The number of amides is 2. The largest absolute Gasteiger partial charge is 0.379 e. The zero-order valence-electron chi connectivity index (χ0n) is 24.5. The molecular formula is C32H45N5O4. The van der Waals surface area contributed by atoms with E-state index in [2.05, 4.69) is 32.5 Å². The van der Waals surface area contributed by atoms with Gasteiger partial charge in [-0.1, -0.05) is 31.9 Å². The van der Waals surface area contributed by atoms with Gasteiger partial charge in [-0.25, -0.2) is 4.98 Å². The normalized spacial score (nSPS) is 22.4. The molecule has 0 radical (unpaired) electrons. The van der Waals surface area contributed by atoms with Crippen LogP contribution >= 0.6 is 0 Å². The van der Waals surface area contributed by atoms with Crippen molar-refractivity contribution < 1.29 is 19.1 Å². The molecule has 222 valence electrons. The van der Waals surface area contributed by atoms with Crippen LogP contribution in [0.1, 0.15) is 93.4 Å². The molecule has 3 heterocycles. The summed E-state index contributed by atoms with van der Waals surface area (Å²) in [5.41, 5.74) is 2.57. The lowest BCUT2D eigenvalue weighted by atomic mass is 9.91. The van der Waals surface area contributed by atoms with Crippen molar-refractivity contribution in [3.8, 4) is 11.3 Å². The van der Waals surface area contributed by atoms with E-state index >= 15 is 0 Å². The number of carbonyl (C=O) groups excluding carboxylic acids is 3. The lowest BCUT2D eigenvalue weighted by molar-refractivity contribution is -0.124. The SMILES string of the molecule is CCC(=O)CCCCC[C@H](NC(=O)[C@H]1CC12CCN(C)CC2)c1ncc(-c2ccc(C(=O)NC3CCOC3)cc2)[nH]1. The van der Waals surface area contributed by atoms with Crippen molar-refractivity contribution in [2.45, 2.75) is 83.2 Å². The molecule has 0 bridgehead atoms. The van der Waals surface area contributed by atoms with E-state index in [-0.39, 0.29) is 35.2 Å². The number of unbranched alkanes of at least 4 members (excludes halogenated alkanes) is 2. The Kier molecular flexibility index (Phi) is 9.55. The van der Waals surface area contributed by atoms with Crippen molar-refractivity contribution in [3.05, 3.63) is 41.9 Å². The Balaban J connectivity index is 1.22. The molecule has 1 spiro atoms. The molecule has 3 fully saturated rings. The number of imidazole rings is 1. The molecule has 1 aliphatic carbocycles. The zero-order chi connectivity index (χ0) is 28.8. The molecule has 3 aliphatic rings. The summed E-state index contributed by atoms with van der Waals surface area (Å²) in [5, 5.41) is 6.36. The third-order valence-electron chi connectivity index (χ3n) is 9.30. The van der Waals surface area contributed by atoms with E-state index < -0.39 is 0 Å². The zero-order valence-corrected chi connectivity index (χ0v) is 24.5. The number of Topliss-reactive ketones (excluding diaryl/α,β-unsaturated/α-hetero) is 1. The van der Waals surface area contributed by atoms with Crippen LogP contribution in [0.25, 0.3) is 11.3 Å². The van der Waals surface area contributed by atoms with Crippen LogP contribution < -0.4 is 10.6 Å². The number of rotatable bonds is 13. The third-order valence-corrected chi connectivity index (χ3v) is 9.30. The van der Waals surface area contributed by atoms with Gasteiger partial charge < -0.3 is 25.3 Å². The van der Waals surface area contributed by atoms with Crippen LogP contribution in [0.2, 0.25) is 0 Å². The van der Waals surface area contributed by atoms with E-state index in [1.165, 1.54) is 0 Å². The molecule has 2 aromatic rings. The number of nitrogens with one attached hydrogen (secondary N) is 3. The number of ether oxygens (including phenoxy) is 1. The molecule has 1 aromatic heterocycles. The molecule has 2 saturated heterocycles. The maximum absolute atomic E-state index is 13.4. The maximum Gasteiger partial charge on any atom is 0.251 e. The number of aromatic amines is 1. The van der Waals surface area contributed by atoms with Gasteiger partial charge in [0.2, 0.25) is 5.91 Å². The monoisotopic (exact) mass is 563 g/mol. The summed E-state index contributed by atoms with van der Waals surface area (Å²) >= 11 is 0. The minimum absolute atomic E-state index is 0.0709. The lowest BCUT2D eigenvalue weighted by Gasteiger charge is -2.30. The maximum atomic E-state index is 13.4. The van der Waals surface area contributed by atoms with Crippen LogP contribution in [0.15, 0.2) is 30.5 Å². The first-order chi connectivity index (χ1) is 19.9. The standard InChI is InChI=1S/C32H45N5O4/c1-3-25(38)7-5-4-6-8-27(36-31(40)26-19-32(26)14-16-37(2)17-15-32)29-33-20-28(35-29)22-9-11-23(12-10-22)30(39)34-24-13-18-41-21-24/h9-12,20,24,26-27H,3-8,13-19,21H2,1-2H3,(H,33,35)(H,34,39)(H,36,40)/t24?,26-,27+/m1/s1. The fourth-order valence-electron chi connectivity index (χ4n) is 6.29. The topological polar surface area (TPSA) is 116 Å². The second-order valence-corrected chi connectivity index (χ2v) is 12.3. The molecule has 3 N–H and O–H groups in total. The predicted molar refractivity (Wildman–Crippen MR) is 157 cm³/mol. The number of piperidine rings is 1. The Morgan fingerprint density at radius 2 is 1.93 bits per heavy atom. The number of ketones is 1. The van der Waals surface area contributed by atoms with Gasteiger partial charge in [-0.3, -0.25) is 14.4 Å². The summed E-state index contributed by atoms with van der Waals surface area (Å²) in [4.78, 5) is 48.2. The smallest absolute Gasteiger partial charge is 0.251 e. The Hall–Kier alpha value is -3.04. The van der Waals surface area contributed by atoms with Crippen LogP contribution in [-0.4, -0.2) is 71.9 Å². The summed E-state index contributed by atoms with van der Waals surface area (Å²) in [6.07, 6.45) is 10.5. The van der Waals surface area contributed by atoms with Crippen LogP contribution in [0.5, 0.6) is 0 Å². The number of likely N-dealkylation sites (tertiary alicyclic amines) is 1. The number of carbonyl (C=O) groups is 3. The van der Waals surface area contributed by atoms with Gasteiger partial charge in [-0.05, 0) is 81.8 Å². The summed E-state index contributed by atoms with van der Waals surface area (Å²) in [6, 6.07) is 7.35. The van der Waals surface area contributed by atoms with E-state index in [1.54, 1.807) is 6.20 Å². The molecule has 1 unspecified atom stereocenters. The Morgan fingerprint density at radius 3 is 2.63 bits per heavy atom. The first-order valence-electron chi connectivity index (χ1n) is 15.4. The summed E-state index contributed by atoms with van der Waals surface area (Å²) < 4.78 is 5.35. The first kappa shape index (κ1) is 29.5. The molecule has 5 rings (SSSR count). The van der Waals surface area contributed by atoms with Gasteiger partial charge in [0.25, 0.3) is 5.91 Å². The number of hydrogen-bond donors (Lipinski definition) is 3. The van der Waals surface area contributed by atoms with Crippen LogP contribution in [0.4, 0.5) is 0 Å². The minimum atomic E-state index is -0.208. The average Bonchev–Trinajstić information content (AvgIpc) is 3.30. The van der Waals surface area contributed by atoms with Crippen LogP contribution in [0, 0.1) is 11.3 Å². The van der Waals surface area contributed by atoms with E-state index in [0.29, 0.717) is 37.4 Å². The number of H-pyrrole nitrogens is 1. The molecule has 2 amide bonds. The van der Waals surface area contributed by atoms with E-state index in [0.717, 1.165) is 81.5 Å². The summed E-state index contributed by atoms with van der Waals surface area (Å²) in [7, 11) is 2.15. The van der Waals surface area contributed by atoms with Crippen LogP contribution in [0.3, 0.4) is 0 Å². The fourth-order valence-corrected chi connectivity index (χ4v) is 6.29. The van der Waals surface area contributed by atoms with Crippen molar-refractivity contribution in [3.63, 3.8) is 0 Å². The third kappa shape index (κ3) is 7.43. The number of nitrogens with zero attached hydrogens (tertiary/aromatic N) is 2. The molecule has 1 aromatic carbocycles. The van der Waals surface area contributed by atoms with Gasteiger partial charge in [0.15, 0.2) is 0 Å². The molecule has 9 heteroatoms. The van der Waals surface area contributed by atoms with Gasteiger partial charge in [-0.15, -0.1) is 0 Å². The molecular weight excluding hydrogens is 518 g/mol. The van der Waals surface area contributed by atoms with Gasteiger partial charge >= 0.3 is 0 Å². The minimum Gasteiger partial charge on any atom is -0.379 e. The van der Waals surface area contributed by atoms with Crippen molar-refractivity contribution in [1.82, 2.24) is 25.5 Å². The first-order valence-corrected chi connectivity index (χ1v) is 15.4. The Morgan fingerprint density at radius 1 is 1.15 bits per heavy atom. The number of hydrogen-bond acceptors (Lipinski definition) is 6. The van der Waals surface area contributed by atoms with Gasteiger partial charge in [-0.2, -0.15) is 0 Å². The lowest BCUT2D eigenvalue weighted by Crippen LogP contribution is -2.36. The highest BCUT2D eigenvalue weighted by Gasteiger charge is 2.58. The summed E-state index contributed by atoms with van der Waals surface area (Å²) in [5.74, 6) is 1.19. The highest BCUT2D eigenvalue weighted by Crippen LogP contribution is 2.59. The molecule has 9 nitrogen and oxygen atoms in total. The van der Waals surface area contributed by atoms with Gasteiger partial charge in [0, 0.05) is 30.9 Å². The fraction of sp³-hybridized carbons (Fsp3) is 0.625. The number of aromatic nitrogens is 2. The van der Waals surface area contributed by atoms with Crippen LogP contribution in [-0.2, 0) is 14.3 Å². The quantitative estimate of drug-likeness (QED) is 0.311. The van der Waals surface area contributed by atoms with E-state index in [4.69, 9.17) is 4.74 Å². The Bertz CT molecular complexity index is 1190. The second kappa shape index (κ2) is 13.3. The number of benzene rings is 1. The molecule has 3 atom stereocenters. The molecule has 1 saturated carbocycles. The van der Waals surface area contributed by atoms with E-state index in [1.807, 2.05) is 31.2 Å². The van der Waals surface area contributed by atoms with Crippen molar-refractivity contribution >= 4 is 17.6 Å². The second-order valence-electron chi connectivity index (χ2n) is 12.3. The molecule has 2 aliphatic heterocycles. The predicted octanol–water partition coefficient (Wildman–Crippen LogP) is 4.41. The van der Waals surface area contributed by atoms with Crippen molar-refractivity contribution in [1.29, 1.82) is 0 Å².